The summed E-state index contributed by atoms with van der Waals surface area (Å²) < 4.78 is 2.07. The van der Waals surface area contributed by atoms with Crippen molar-refractivity contribution in [1.82, 2.24) is 20.1 Å². The molecule has 2 aliphatic rings. The molecule has 0 spiro atoms. The average molecular weight is 466 g/mol. The van der Waals surface area contributed by atoms with Gasteiger partial charge >= 0.3 is 0 Å². The van der Waals surface area contributed by atoms with Crippen LogP contribution in [0.3, 0.4) is 0 Å². The van der Waals surface area contributed by atoms with Gasteiger partial charge in [0.05, 0.1) is 12.1 Å². The summed E-state index contributed by atoms with van der Waals surface area (Å²) in [4.78, 5) is 19.2. The van der Waals surface area contributed by atoms with Gasteiger partial charge in [0.1, 0.15) is 16.9 Å². The molecule has 1 aliphatic carbocycles. The molecule has 1 amide bonds. The Morgan fingerprint density at radius 2 is 1.88 bits per heavy atom. The maximum Gasteiger partial charge on any atom is 0.222 e. The molecular formula is C24H24ClN5OS. The van der Waals surface area contributed by atoms with Crippen molar-refractivity contribution in [3.63, 3.8) is 0 Å². The molecule has 6 nitrogen and oxygen atoms in total. The zero-order chi connectivity index (χ0) is 22.6. The number of rotatable bonds is 5. The highest BCUT2D eigenvalue weighted by molar-refractivity contribution is 7.15. The summed E-state index contributed by atoms with van der Waals surface area (Å²) in [6, 6.07) is 7.27. The minimum Gasteiger partial charge on any atom is -0.355 e. The fourth-order valence-electron chi connectivity index (χ4n) is 4.09. The van der Waals surface area contributed by atoms with Crippen LogP contribution in [0.5, 0.6) is 0 Å². The average Bonchev–Trinajstić information content (AvgIpc) is 3.27. The molecule has 2 atom stereocenters. The van der Waals surface area contributed by atoms with E-state index < -0.39 is 6.04 Å². The van der Waals surface area contributed by atoms with E-state index in [0.717, 1.165) is 27.7 Å². The van der Waals surface area contributed by atoms with E-state index >= 15 is 0 Å². The zero-order valence-electron chi connectivity index (χ0n) is 18.4. The number of benzene rings is 1. The van der Waals surface area contributed by atoms with Crippen LogP contribution in [0, 0.1) is 26.7 Å². The van der Waals surface area contributed by atoms with E-state index in [-0.39, 0.29) is 12.3 Å². The minimum atomic E-state index is -0.436. The molecule has 0 bridgehead atoms. The quantitative estimate of drug-likeness (QED) is 0.545. The molecule has 0 saturated heterocycles. The lowest BCUT2D eigenvalue weighted by molar-refractivity contribution is -0.121. The van der Waals surface area contributed by atoms with Crippen LogP contribution >= 0.6 is 22.9 Å². The zero-order valence-corrected chi connectivity index (χ0v) is 20.0. The number of hydrogen-bond acceptors (Lipinski definition) is 5. The number of carbonyl (C=O) groups is 1. The van der Waals surface area contributed by atoms with Crippen molar-refractivity contribution < 1.29 is 4.79 Å². The number of nitrogens with zero attached hydrogens (tertiary/aromatic N) is 4. The van der Waals surface area contributed by atoms with Crippen LogP contribution in [0.4, 0.5) is 0 Å². The van der Waals surface area contributed by atoms with Crippen molar-refractivity contribution in [2.45, 2.75) is 40.2 Å². The predicted octanol–water partition coefficient (Wildman–Crippen LogP) is 4.88. The van der Waals surface area contributed by atoms with E-state index in [2.05, 4.69) is 46.9 Å². The first kappa shape index (κ1) is 21.1. The van der Waals surface area contributed by atoms with Gasteiger partial charge in [0.2, 0.25) is 5.91 Å². The van der Waals surface area contributed by atoms with Crippen LogP contribution in [-0.4, -0.2) is 32.9 Å². The van der Waals surface area contributed by atoms with Crippen molar-refractivity contribution >= 4 is 34.6 Å². The Morgan fingerprint density at radius 1 is 1.16 bits per heavy atom. The highest BCUT2D eigenvalue weighted by Gasteiger charge is 2.32. The maximum absolute atomic E-state index is 12.8. The Balaban J connectivity index is 1.59. The molecule has 32 heavy (non-hydrogen) atoms. The van der Waals surface area contributed by atoms with Gasteiger partial charge < -0.3 is 5.32 Å². The number of hydrogen-bond donors (Lipinski definition) is 1. The molecule has 1 unspecified atom stereocenters. The SMILES string of the molecule is CC1=CC1CNC(=O)C[C@@H]1N=C(c2ccc(Cl)cc2)c2c(sc(C)c2C)-n2c(C)nnc21. The van der Waals surface area contributed by atoms with Gasteiger partial charge in [-0.2, -0.15) is 0 Å². The molecule has 1 aromatic carbocycles. The van der Waals surface area contributed by atoms with Gasteiger partial charge in [-0.3, -0.25) is 14.4 Å². The summed E-state index contributed by atoms with van der Waals surface area (Å²) in [7, 11) is 0. The Labute approximate surface area is 196 Å². The third-order valence-corrected chi connectivity index (χ3v) is 7.64. The van der Waals surface area contributed by atoms with Crippen LogP contribution in [0.1, 0.15) is 52.6 Å². The van der Waals surface area contributed by atoms with E-state index in [0.29, 0.717) is 23.3 Å². The third-order valence-electron chi connectivity index (χ3n) is 6.19. The van der Waals surface area contributed by atoms with E-state index in [1.807, 2.05) is 31.2 Å². The first-order valence-corrected chi connectivity index (χ1v) is 11.8. The van der Waals surface area contributed by atoms with Gasteiger partial charge in [0.25, 0.3) is 0 Å². The van der Waals surface area contributed by atoms with Crippen molar-refractivity contribution in [3.05, 3.63) is 74.2 Å². The summed E-state index contributed by atoms with van der Waals surface area (Å²) in [6.45, 7) is 8.90. The number of aryl methyl sites for hydroxylation is 2. The predicted molar refractivity (Wildman–Crippen MR) is 128 cm³/mol. The monoisotopic (exact) mass is 465 g/mol. The van der Waals surface area contributed by atoms with Gasteiger partial charge in [-0.05, 0) is 45.4 Å². The van der Waals surface area contributed by atoms with Gasteiger partial charge in [-0.1, -0.05) is 35.4 Å². The highest BCUT2D eigenvalue weighted by Crippen LogP contribution is 2.39. The molecule has 1 N–H and O–H groups in total. The van der Waals surface area contributed by atoms with Gasteiger partial charge in [-0.25, -0.2) is 0 Å². The molecule has 0 saturated carbocycles. The number of halogens is 1. The van der Waals surface area contributed by atoms with Crippen LogP contribution in [-0.2, 0) is 4.79 Å². The molecule has 8 heteroatoms. The maximum atomic E-state index is 12.8. The number of thiophene rings is 1. The Hall–Kier alpha value is -2.77. The molecule has 0 fully saturated rings. The molecule has 3 aromatic rings. The lowest BCUT2D eigenvalue weighted by atomic mass is 9.99. The van der Waals surface area contributed by atoms with Crippen molar-refractivity contribution in [2.24, 2.45) is 10.9 Å². The fourth-order valence-corrected chi connectivity index (χ4v) is 5.43. The number of nitrogens with one attached hydrogen (secondary N) is 1. The summed E-state index contributed by atoms with van der Waals surface area (Å²) in [5.74, 6) is 1.85. The molecule has 0 radical (unpaired) electrons. The second-order valence-corrected chi connectivity index (χ2v) is 10.1. The summed E-state index contributed by atoms with van der Waals surface area (Å²) in [6.07, 6.45) is 2.37. The molecule has 3 heterocycles. The second-order valence-electron chi connectivity index (χ2n) is 8.43. The van der Waals surface area contributed by atoms with Crippen LogP contribution < -0.4 is 5.32 Å². The third kappa shape index (κ3) is 3.69. The lowest BCUT2D eigenvalue weighted by Gasteiger charge is -2.13. The second kappa shape index (κ2) is 7.98. The van der Waals surface area contributed by atoms with Crippen LogP contribution in [0.25, 0.3) is 5.00 Å². The fraction of sp³-hybridized carbons (Fsp3) is 0.333. The first-order valence-electron chi connectivity index (χ1n) is 10.6. The van der Waals surface area contributed by atoms with Gasteiger partial charge in [0.15, 0.2) is 5.82 Å². The largest absolute Gasteiger partial charge is 0.355 e. The first-order chi connectivity index (χ1) is 15.3. The van der Waals surface area contributed by atoms with E-state index in [9.17, 15) is 4.79 Å². The van der Waals surface area contributed by atoms with Crippen LogP contribution in [0.15, 0.2) is 40.9 Å². The molecular weight excluding hydrogens is 442 g/mol. The standard InChI is InChI=1S/C24H24ClN5OS/c1-12-9-17(12)11-26-20(31)10-19-23-29-28-15(4)30(23)24-21(13(2)14(3)32-24)22(27-19)16-5-7-18(25)8-6-16/h5-9,17,19H,10-11H2,1-4H3,(H,26,31)/t17?,19-/m0/s1. The Morgan fingerprint density at radius 3 is 2.56 bits per heavy atom. The molecule has 2 aromatic heterocycles. The van der Waals surface area contributed by atoms with Crippen molar-refractivity contribution in [2.75, 3.05) is 6.54 Å². The molecule has 5 rings (SSSR count). The van der Waals surface area contributed by atoms with Gasteiger partial charge in [0, 0.05) is 33.5 Å². The Kier molecular flexibility index (Phi) is 5.26. The van der Waals surface area contributed by atoms with Crippen molar-refractivity contribution in [1.29, 1.82) is 0 Å². The summed E-state index contributed by atoms with van der Waals surface area (Å²) in [5.41, 5.74) is 5.41. The Bertz CT molecular complexity index is 1280. The summed E-state index contributed by atoms with van der Waals surface area (Å²) in [5, 5.41) is 13.6. The minimum absolute atomic E-state index is 0.0346. The van der Waals surface area contributed by atoms with Gasteiger partial charge in [-0.15, -0.1) is 21.5 Å². The number of amides is 1. The topological polar surface area (TPSA) is 72.2 Å². The summed E-state index contributed by atoms with van der Waals surface area (Å²) >= 11 is 7.86. The van der Waals surface area contributed by atoms with E-state index in [4.69, 9.17) is 16.6 Å². The van der Waals surface area contributed by atoms with Crippen LogP contribution in [0.2, 0.25) is 5.02 Å². The lowest BCUT2D eigenvalue weighted by Crippen LogP contribution is -2.28. The number of fused-ring (bicyclic) bond motifs is 3. The van der Waals surface area contributed by atoms with E-state index in [1.54, 1.807) is 11.3 Å². The number of carbonyl (C=O) groups excluding carboxylic acids is 1. The number of aromatic nitrogens is 3. The smallest absolute Gasteiger partial charge is 0.222 e. The van der Waals surface area contributed by atoms with E-state index in [1.165, 1.54) is 16.0 Å². The molecule has 164 valence electrons. The molecule has 1 aliphatic heterocycles. The highest BCUT2D eigenvalue weighted by atomic mass is 35.5. The normalized spacial score (nSPS) is 18.9. The number of aliphatic imine (C=N–C) groups is 1. The van der Waals surface area contributed by atoms with Crippen molar-refractivity contribution in [3.8, 4) is 5.00 Å².